The highest BCUT2D eigenvalue weighted by molar-refractivity contribution is 7.16. The average molecular weight is 336 g/mol. The van der Waals surface area contributed by atoms with Crippen molar-refractivity contribution in [1.82, 2.24) is 9.97 Å². The number of aromatic nitrogens is 2. The largest absolute Gasteiger partial charge is 0.233 e. The first-order valence-electron chi connectivity index (χ1n) is 3.98. The number of nitrogens with zero attached hydrogens (tertiary/aromatic N) is 2. The monoisotopic (exact) mass is 334 g/mol. The summed E-state index contributed by atoms with van der Waals surface area (Å²) in [6, 6.07) is 0. The molecule has 0 radical (unpaired) electrons. The minimum absolute atomic E-state index is 0.504. The summed E-state index contributed by atoms with van der Waals surface area (Å²) in [6.07, 6.45) is 3.36. The second-order valence-electron chi connectivity index (χ2n) is 2.43. The van der Waals surface area contributed by atoms with Gasteiger partial charge in [-0.15, -0.1) is 45.9 Å². The molecule has 0 N–H and O–H groups in total. The summed E-state index contributed by atoms with van der Waals surface area (Å²) in [7, 11) is 0. The maximum atomic E-state index is 5.49. The van der Waals surface area contributed by atoms with Crippen molar-refractivity contribution in [2.45, 2.75) is 11.8 Å². The van der Waals surface area contributed by atoms with E-state index in [1.54, 1.807) is 12.4 Å². The molecular weight excluding hydrogens is 330 g/mol. The SMILES string of the molecule is ClCc1cnc(Cl)s1.ClCc1cnc(Cl)s1. The highest BCUT2D eigenvalue weighted by Gasteiger charge is 1.95. The molecule has 0 spiro atoms. The quantitative estimate of drug-likeness (QED) is 0.716. The van der Waals surface area contributed by atoms with E-state index in [1.165, 1.54) is 22.7 Å². The van der Waals surface area contributed by atoms with Gasteiger partial charge in [0.05, 0.1) is 11.8 Å². The van der Waals surface area contributed by atoms with Crippen molar-refractivity contribution in [2.75, 3.05) is 0 Å². The van der Waals surface area contributed by atoms with E-state index in [9.17, 15) is 0 Å². The van der Waals surface area contributed by atoms with Gasteiger partial charge in [0.2, 0.25) is 0 Å². The van der Waals surface area contributed by atoms with Gasteiger partial charge in [0.1, 0.15) is 0 Å². The molecule has 0 atom stereocenters. The van der Waals surface area contributed by atoms with Crippen LogP contribution in [0.1, 0.15) is 9.75 Å². The van der Waals surface area contributed by atoms with Crippen LogP contribution in [0.15, 0.2) is 12.4 Å². The van der Waals surface area contributed by atoms with Crippen molar-refractivity contribution < 1.29 is 0 Å². The summed E-state index contributed by atoms with van der Waals surface area (Å²) in [5, 5.41) is 0. The Kier molecular flexibility index (Phi) is 6.96. The van der Waals surface area contributed by atoms with E-state index >= 15 is 0 Å². The van der Waals surface area contributed by atoms with E-state index in [2.05, 4.69) is 9.97 Å². The summed E-state index contributed by atoms with van der Waals surface area (Å²) in [5.74, 6) is 1.01. The minimum atomic E-state index is 0.504. The van der Waals surface area contributed by atoms with Gasteiger partial charge in [-0.25, -0.2) is 9.97 Å². The van der Waals surface area contributed by atoms with Gasteiger partial charge in [0, 0.05) is 22.1 Å². The van der Waals surface area contributed by atoms with Gasteiger partial charge in [0.25, 0.3) is 0 Å². The van der Waals surface area contributed by atoms with Crippen LogP contribution < -0.4 is 0 Å². The van der Waals surface area contributed by atoms with Crippen LogP contribution in [0.4, 0.5) is 0 Å². The number of hydrogen-bond acceptors (Lipinski definition) is 4. The first-order chi connectivity index (χ1) is 7.65. The number of rotatable bonds is 2. The molecular formula is C8H6Cl4N2S2. The van der Waals surface area contributed by atoms with Gasteiger partial charge in [0.15, 0.2) is 8.93 Å². The fourth-order valence-corrected chi connectivity index (χ4v) is 2.81. The second kappa shape index (κ2) is 7.69. The molecule has 8 heteroatoms. The van der Waals surface area contributed by atoms with Crippen molar-refractivity contribution >= 4 is 69.1 Å². The Balaban J connectivity index is 0.000000160. The molecule has 2 aromatic heterocycles. The first-order valence-corrected chi connectivity index (χ1v) is 7.44. The van der Waals surface area contributed by atoms with Gasteiger partial charge >= 0.3 is 0 Å². The Bertz CT molecular complexity index is 389. The van der Waals surface area contributed by atoms with Crippen LogP contribution in [-0.4, -0.2) is 9.97 Å². The highest BCUT2D eigenvalue weighted by Crippen LogP contribution is 2.19. The third-order valence-electron chi connectivity index (χ3n) is 1.31. The molecule has 0 aliphatic rings. The van der Waals surface area contributed by atoms with Crippen molar-refractivity contribution in [3.05, 3.63) is 31.1 Å². The van der Waals surface area contributed by atoms with Crippen molar-refractivity contribution in [3.8, 4) is 0 Å². The lowest BCUT2D eigenvalue weighted by Gasteiger charge is -1.75. The van der Waals surface area contributed by atoms with Gasteiger partial charge in [-0.3, -0.25) is 0 Å². The van der Waals surface area contributed by atoms with E-state index in [4.69, 9.17) is 46.4 Å². The standard InChI is InChI=1S/2C4H3Cl2NS/c2*5-1-3-2-7-4(6)8-3/h2*2H,1H2. The molecule has 2 aromatic rings. The summed E-state index contributed by atoms with van der Waals surface area (Å²) in [6.45, 7) is 0. The topological polar surface area (TPSA) is 25.8 Å². The van der Waals surface area contributed by atoms with Crippen LogP contribution >= 0.6 is 69.1 Å². The van der Waals surface area contributed by atoms with Crippen LogP contribution in [0.2, 0.25) is 8.93 Å². The molecule has 0 bridgehead atoms. The van der Waals surface area contributed by atoms with Crippen LogP contribution in [0, 0.1) is 0 Å². The van der Waals surface area contributed by atoms with E-state index in [1.807, 2.05) is 0 Å². The second-order valence-corrected chi connectivity index (χ2v) is 6.36. The molecule has 2 nitrogen and oxygen atoms in total. The molecule has 0 aliphatic carbocycles. The minimum Gasteiger partial charge on any atom is -0.233 e. The van der Waals surface area contributed by atoms with Crippen LogP contribution in [0.3, 0.4) is 0 Å². The molecule has 0 aliphatic heterocycles. The molecule has 0 saturated heterocycles. The lowest BCUT2D eigenvalue weighted by Crippen LogP contribution is -1.60. The smallest absolute Gasteiger partial charge is 0.183 e. The summed E-state index contributed by atoms with van der Waals surface area (Å²) < 4.78 is 1.11. The first kappa shape index (κ1) is 14.5. The lowest BCUT2D eigenvalue weighted by molar-refractivity contribution is 1.37. The predicted molar refractivity (Wildman–Crippen MR) is 73.4 cm³/mol. The van der Waals surface area contributed by atoms with Gasteiger partial charge in [-0.05, 0) is 0 Å². The number of hydrogen-bond donors (Lipinski definition) is 0. The van der Waals surface area contributed by atoms with Crippen LogP contribution in [-0.2, 0) is 11.8 Å². The third kappa shape index (κ3) is 5.17. The van der Waals surface area contributed by atoms with Crippen molar-refractivity contribution in [1.29, 1.82) is 0 Å². The van der Waals surface area contributed by atoms with Crippen LogP contribution in [0.5, 0.6) is 0 Å². The Hall–Kier alpha value is 0.420. The van der Waals surface area contributed by atoms with E-state index < -0.39 is 0 Å². The van der Waals surface area contributed by atoms with Gasteiger partial charge < -0.3 is 0 Å². The molecule has 88 valence electrons. The Morgan fingerprint density at radius 1 is 0.875 bits per heavy atom. The maximum Gasteiger partial charge on any atom is 0.183 e. The average Bonchev–Trinajstić information content (AvgIpc) is 2.88. The Morgan fingerprint density at radius 3 is 1.38 bits per heavy atom. The summed E-state index contributed by atoms with van der Waals surface area (Å²) >= 11 is 24.7. The summed E-state index contributed by atoms with van der Waals surface area (Å²) in [5.41, 5.74) is 0. The number of halogens is 4. The fourth-order valence-electron chi connectivity index (χ4n) is 0.691. The molecule has 0 saturated carbocycles. The summed E-state index contributed by atoms with van der Waals surface area (Å²) in [4.78, 5) is 9.60. The van der Waals surface area contributed by atoms with Crippen molar-refractivity contribution in [3.63, 3.8) is 0 Å². The molecule has 2 heterocycles. The Morgan fingerprint density at radius 2 is 1.25 bits per heavy atom. The van der Waals surface area contributed by atoms with E-state index in [-0.39, 0.29) is 0 Å². The zero-order chi connectivity index (χ0) is 12.0. The molecule has 0 fully saturated rings. The maximum absolute atomic E-state index is 5.49. The third-order valence-corrected chi connectivity index (χ3v) is 4.44. The molecule has 16 heavy (non-hydrogen) atoms. The fraction of sp³-hybridized carbons (Fsp3) is 0.250. The number of thiazole rings is 2. The van der Waals surface area contributed by atoms with Crippen LogP contribution in [0.25, 0.3) is 0 Å². The van der Waals surface area contributed by atoms with Crippen molar-refractivity contribution in [2.24, 2.45) is 0 Å². The van der Waals surface area contributed by atoms with E-state index in [0.29, 0.717) is 20.7 Å². The Labute approximate surface area is 121 Å². The zero-order valence-corrected chi connectivity index (χ0v) is 12.4. The van der Waals surface area contributed by atoms with E-state index in [0.717, 1.165) is 9.75 Å². The highest BCUT2D eigenvalue weighted by atomic mass is 35.5. The lowest BCUT2D eigenvalue weighted by atomic mass is 10.6. The number of alkyl halides is 2. The van der Waals surface area contributed by atoms with Gasteiger partial charge in [-0.2, -0.15) is 0 Å². The zero-order valence-electron chi connectivity index (χ0n) is 7.79. The normalized spacial score (nSPS) is 9.75. The molecule has 0 amide bonds. The molecule has 2 rings (SSSR count). The molecule has 0 aromatic carbocycles. The van der Waals surface area contributed by atoms with Gasteiger partial charge in [-0.1, -0.05) is 23.2 Å². The predicted octanol–water partition coefficient (Wildman–Crippen LogP) is 5.07. The molecule has 0 unspecified atom stereocenters.